The lowest BCUT2D eigenvalue weighted by Crippen LogP contribution is -2.47. The molecule has 0 radical (unpaired) electrons. The molecule has 0 saturated carbocycles. The molecule has 2 N–H and O–H groups in total. The van der Waals surface area contributed by atoms with Crippen LogP contribution in [0.4, 0.5) is 4.79 Å². The highest BCUT2D eigenvalue weighted by Gasteiger charge is 2.38. The first-order chi connectivity index (χ1) is 13.5. The van der Waals surface area contributed by atoms with Gasteiger partial charge in [0.05, 0.1) is 19.3 Å². The van der Waals surface area contributed by atoms with Gasteiger partial charge < -0.3 is 24.6 Å². The van der Waals surface area contributed by atoms with E-state index in [1.54, 1.807) is 13.8 Å². The average Bonchev–Trinajstić information content (AvgIpc) is 3.22. The van der Waals surface area contributed by atoms with Crippen molar-refractivity contribution < 1.29 is 24.1 Å². The summed E-state index contributed by atoms with van der Waals surface area (Å²) in [6.45, 7) is 3.88. The van der Waals surface area contributed by atoms with Crippen molar-refractivity contribution in [1.29, 1.82) is 0 Å². The van der Waals surface area contributed by atoms with Crippen LogP contribution in [-0.4, -0.2) is 49.0 Å². The van der Waals surface area contributed by atoms with Crippen LogP contribution in [0, 0.1) is 0 Å². The van der Waals surface area contributed by atoms with Gasteiger partial charge in [-0.05, 0) is 36.1 Å². The van der Waals surface area contributed by atoms with Crippen LogP contribution in [0.25, 0.3) is 11.1 Å². The molecular formula is C22H25NO5. The van der Waals surface area contributed by atoms with Gasteiger partial charge in [0.15, 0.2) is 5.79 Å². The lowest BCUT2D eigenvalue weighted by Gasteiger charge is -2.23. The number of carbonyl (C=O) groups is 1. The number of amides is 1. The van der Waals surface area contributed by atoms with Crippen molar-refractivity contribution in [3.05, 3.63) is 59.7 Å². The lowest BCUT2D eigenvalue weighted by atomic mass is 9.98. The van der Waals surface area contributed by atoms with Gasteiger partial charge in [-0.2, -0.15) is 0 Å². The minimum Gasteiger partial charge on any atom is -0.449 e. The first-order valence-corrected chi connectivity index (χ1v) is 9.52. The molecular weight excluding hydrogens is 358 g/mol. The fourth-order valence-corrected chi connectivity index (χ4v) is 3.96. The SMILES string of the molecule is CC1(C)OC[C@@H]([C@H](CO)NC(=O)OCC2c3ccccc3-c3ccccc32)O1. The Kier molecular flexibility index (Phi) is 5.10. The minimum atomic E-state index is -0.721. The average molecular weight is 383 g/mol. The number of carbonyl (C=O) groups excluding carboxylic acids is 1. The van der Waals surface area contributed by atoms with E-state index in [-0.39, 0.29) is 19.1 Å². The highest BCUT2D eigenvalue weighted by molar-refractivity contribution is 5.79. The van der Waals surface area contributed by atoms with Crippen LogP contribution in [0.1, 0.15) is 30.9 Å². The first kappa shape index (κ1) is 18.9. The Labute approximate surface area is 164 Å². The molecule has 4 rings (SSSR count). The van der Waals surface area contributed by atoms with Gasteiger partial charge in [-0.1, -0.05) is 48.5 Å². The molecule has 1 aliphatic carbocycles. The second kappa shape index (κ2) is 7.54. The number of benzene rings is 2. The van der Waals surface area contributed by atoms with Crippen LogP contribution in [-0.2, 0) is 14.2 Å². The molecule has 1 fully saturated rings. The molecule has 148 valence electrons. The summed E-state index contributed by atoms with van der Waals surface area (Å²) in [6.07, 6.45) is -0.991. The van der Waals surface area contributed by atoms with E-state index < -0.39 is 24.0 Å². The van der Waals surface area contributed by atoms with E-state index in [9.17, 15) is 9.90 Å². The van der Waals surface area contributed by atoms with E-state index in [0.717, 1.165) is 11.1 Å². The second-order valence-electron chi connectivity index (χ2n) is 7.63. The van der Waals surface area contributed by atoms with E-state index in [4.69, 9.17) is 14.2 Å². The number of hydrogen-bond donors (Lipinski definition) is 2. The highest BCUT2D eigenvalue weighted by Crippen LogP contribution is 2.44. The molecule has 28 heavy (non-hydrogen) atoms. The number of aliphatic hydroxyl groups is 1. The third-order valence-electron chi connectivity index (χ3n) is 5.32. The molecule has 2 aromatic carbocycles. The Bertz CT molecular complexity index is 820. The minimum absolute atomic E-state index is 0.00396. The first-order valence-electron chi connectivity index (χ1n) is 9.52. The molecule has 0 unspecified atom stereocenters. The van der Waals surface area contributed by atoms with Gasteiger partial charge in [0.2, 0.25) is 0 Å². The Balaban J connectivity index is 1.41. The number of aliphatic hydroxyl groups excluding tert-OH is 1. The second-order valence-corrected chi connectivity index (χ2v) is 7.63. The molecule has 6 heteroatoms. The molecule has 0 aromatic heterocycles. The smallest absolute Gasteiger partial charge is 0.407 e. The molecule has 6 nitrogen and oxygen atoms in total. The lowest BCUT2D eigenvalue weighted by molar-refractivity contribution is -0.142. The van der Waals surface area contributed by atoms with Crippen molar-refractivity contribution in [3.8, 4) is 11.1 Å². The molecule has 1 heterocycles. The third-order valence-corrected chi connectivity index (χ3v) is 5.32. The summed E-state index contributed by atoms with van der Waals surface area (Å²) in [4.78, 5) is 12.4. The van der Waals surface area contributed by atoms with Crippen molar-refractivity contribution in [3.63, 3.8) is 0 Å². The largest absolute Gasteiger partial charge is 0.449 e. The summed E-state index contributed by atoms with van der Waals surface area (Å²) in [7, 11) is 0. The predicted octanol–water partition coefficient (Wildman–Crippen LogP) is 3.04. The van der Waals surface area contributed by atoms with Crippen molar-refractivity contribution in [2.45, 2.75) is 37.7 Å². The van der Waals surface area contributed by atoms with Gasteiger partial charge in [0.25, 0.3) is 0 Å². The van der Waals surface area contributed by atoms with Crippen LogP contribution in [0.15, 0.2) is 48.5 Å². The number of nitrogens with one attached hydrogen (secondary N) is 1. The summed E-state index contributed by atoms with van der Waals surface area (Å²) in [5.74, 6) is -0.725. The molecule has 2 atom stereocenters. The van der Waals surface area contributed by atoms with Crippen molar-refractivity contribution in [2.75, 3.05) is 19.8 Å². The molecule has 2 aromatic rings. The van der Waals surface area contributed by atoms with Crippen molar-refractivity contribution in [1.82, 2.24) is 5.32 Å². The number of rotatable bonds is 5. The van der Waals surface area contributed by atoms with E-state index in [1.807, 2.05) is 24.3 Å². The third kappa shape index (κ3) is 3.63. The molecule has 0 bridgehead atoms. The maximum absolute atomic E-state index is 12.4. The maximum Gasteiger partial charge on any atom is 0.407 e. The molecule has 1 aliphatic heterocycles. The van der Waals surface area contributed by atoms with Crippen LogP contribution < -0.4 is 5.32 Å². The fraction of sp³-hybridized carbons (Fsp3) is 0.409. The Morgan fingerprint density at radius 1 is 1.18 bits per heavy atom. The normalized spacial score (nSPS) is 21.0. The quantitative estimate of drug-likeness (QED) is 0.830. The Hall–Kier alpha value is -2.41. The summed E-state index contributed by atoms with van der Waals surface area (Å²) >= 11 is 0. The summed E-state index contributed by atoms with van der Waals surface area (Å²) in [5.41, 5.74) is 4.67. The number of fused-ring (bicyclic) bond motifs is 3. The summed E-state index contributed by atoms with van der Waals surface area (Å²) in [6, 6.07) is 15.8. The summed E-state index contributed by atoms with van der Waals surface area (Å²) in [5, 5.41) is 12.3. The van der Waals surface area contributed by atoms with E-state index in [2.05, 4.69) is 29.6 Å². The van der Waals surface area contributed by atoms with Crippen LogP contribution in [0.3, 0.4) is 0 Å². The molecule has 0 spiro atoms. The van der Waals surface area contributed by atoms with Gasteiger partial charge in [-0.3, -0.25) is 0 Å². The zero-order valence-electron chi connectivity index (χ0n) is 16.1. The van der Waals surface area contributed by atoms with Gasteiger partial charge in [0, 0.05) is 5.92 Å². The van der Waals surface area contributed by atoms with Gasteiger partial charge >= 0.3 is 6.09 Å². The van der Waals surface area contributed by atoms with Crippen molar-refractivity contribution in [2.24, 2.45) is 0 Å². The van der Waals surface area contributed by atoms with Gasteiger partial charge in [-0.25, -0.2) is 4.79 Å². The predicted molar refractivity (Wildman–Crippen MR) is 104 cm³/mol. The zero-order chi connectivity index (χ0) is 19.7. The van der Waals surface area contributed by atoms with E-state index in [0.29, 0.717) is 6.61 Å². The number of ether oxygens (including phenoxy) is 3. The van der Waals surface area contributed by atoms with Crippen LogP contribution in [0.2, 0.25) is 0 Å². The highest BCUT2D eigenvalue weighted by atomic mass is 16.7. The topological polar surface area (TPSA) is 77.0 Å². The zero-order valence-corrected chi connectivity index (χ0v) is 16.1. The summed E-state index contributed by atoms with van der Waals surface area (Å²) < 4.78 is 16.8. The molecule has 2 aliphatic rings. The van der Waals surface area contributed by atoms with Crippen LogP contribution >= 0.6 is 0 Å². The number of hydrogen-bond acceptors (Lipinski definition) is 5. The number of alkyl carbamates (subject to hydrolysis) is 1. The van der Waals surface area contributed by atoms with Crippen LogP contribution in [0.5, 0.6) is 0 Å². The van der Waals surface area contributed by atoms with Gasteiger partial charge in [0.1, 0.15) is 12.7 Å². The maximum atomic E-state index is 12.4. The van der Waals surface area contributed by atoms with Crippen molar-refractivity contribution >= 4 is 6.09 Å². The molecule has 1 saturated heterocycles. The Morgan fingerprint density at radius 2 is 1.79 bits per heavy atom. The van der Waals surface area contributed by atoms with E-state index >= 15 is 0 Å². The monoisotopic (exact) mass is 383 g/mol. The Morgan fingerprint density at radius 3 is 2.32 bits per heavy atom. The van der Waals surface area contributed by atoms with E-state index in [1.165, 1.54) is 11.1 Å². The standard InChI is InChI=1S/C22H25NO5/c1-22(2)27-13-20(28-22)19(11-24)23-21(25)26-12-18-16-9-5-3-7-14(16)15-8-4-6-10-17(15)18/h3-10,18-20,24H,11-13H2,1-2H3,(H,23,25)/t19-,20-/m0/s1. The van der Waals surface area contributed by atoms with Gasteiger partial charge in [-0.15, -0.1) is 0 Å². The fourth-order valence-electron chi connectivity index (χ4n) is 3.96. The molecule has 1 amide bonds.